The van der Waals surface area contributed by atoms with Crippen molar-refractivity contribution in [3.05, 3.63) is 11.6 Å². The summed E-state index contributed by atoms with van der Waals surface area (Å²) >= 11 is 0. The summed E-state index contributed by atoms with van der Waals surface area (Å²) in [7, 11) is 0. The van der Waals surface area contributed by atoms with Crippen molar-refractivity contribution in [2.45, 2.75) is 109 Å². The van der Waals surface area contributed by atoms with Gasteiger partial charge in [0.2, 0.25) is 0 Å². The molecule has 0 unspecified atom stereocenters. The number of hydrogen-bond acceptors (Lipinski definition) is 2. The summed E-state index contributed by atoms with van der Waals surface area (Å²) < 4.78 is 2.53. The third-order valence-electron chi connectivity index (χ3n) is 7.30. The van der Waals surface area contributed by atoms with E-state index < -0.39 is 0 Å². The van der Waals surface area contributed by atoms with Crippen molar-refractivity contribution < 1.29 is 0 Å². The zero-order valence-corrected chi connectivity index (χ0v) is 14.9. The quantitative estimate of drug-likeness (QED) is 0.701. The van der Waals surface area contributed by atoms with E-state index in [0.29, 0.717) is 10.8 Å². The van der Waals surface area contributed by atoms with E-state index >= 15 is 0 Å². The zero-order chi connectivity index (χ0) is 15.8. The second kappa shape index (κ2) is 6.22. The molecule has 2 heterocycles. The summed E-state index contributed by atoms with van der Waals surface area (Å²) in [6.45, 7) is 3.49. The van der Waals surface area contributed by atoms with Crippen molar-refractivity contribution in [3.8, 4) is 0 Å². The molecule has 2 bridgehead atoms. The van der Waals surface area contributed by atoms with Crippen LogP contribution >= 0.6 is 0 Å². The Labute approximate surface area is 141 Å². The van der Waals surface area contributed by atoms with E-state index in [2.05, 4.69) is 16.6 Å². The first kappa shape index (κ1) is 15.7. The predicted octanol–water partition coefficient (Wildman–Crippen LogP) is 5.18. The highest BCUT2D eigenvalue weighted by Gasteiger charge is 2.51. The van der Waals surface area contributed by atoms with Crippen molar-refractivity contribution >= 4 is 0 Å². The number of hydrogen-bond donors (Lipinski definition) is 0. The molecule has 0 saturated heterocycles. The minimum atomic E-state index is 0.377. The number of nitrogens with zero attached hydrogens (tertiary/aromatic N) is 3. The van der Waals surface area contributed by atoms with E-state index in [0.717, 1.165) is 6.42 Å². The van der Waals surface area contributed by atoms with Crippen LogP contribution in [0, 0.1) is 5.41 Å². The van der Waals surface area contributed by atoms with Crippen LogP contribution in [0.1, 0.15) is 102 Å². The lowest BCUT2D eigenvalue weighted by atomic mass is 9.52. The predicted molar refractivity (Wildman–Crippen MR) is 93.5 cm³/mol. The molecule has 0 aromatic carbocycles. The molecule has 23 heavy (non-hydrogen) atoms. The van der Waals surface area contributed by atoms with Gasteiger partial charge in [-0.1, -0.05) is 32.6 Å². The summed E-state index contributed by atoms with van der Waals surface area (Å²) in [4.78, 5) is 0. The zero-order valence-electron chi connectivity index (χ0n) is 14.9. The molecule has 0 spiro atoms. The molecule has 0 radical (unpaired) electrons. The monoisotopic (exact) mass is 315 g/mol. The number of rotatable bonds is 5. The van der Waals surface area contributed by atoms with Crippen LogP contribution in [0.15, 0.2) is 0 Å². The van der Waals surface area contributed by atoms with Crippen molar-refractivity contribution in [3.63, 3.8) is 0 Å². The Morgan fingerprint density at radius 3 is 2.43 bits per heavy atom. The molecule has 0 N–H and O–H groups in total. The minimum Gasteiger partial charge on any atom is -0.315 e. The van der Waals surface area contributed by atoms with Gasteiger partial charge >= 0.3 is 0 Å². The van der Waals surface area contributed by atoms with Crippen LogP contribution in [0.5, 0.6) is 0 Å². The maximum Gasteiger partial charge on any atom is 0.139 e. The molecule has 5 rings (SSSR count). The van der Waals surface area contributed by atoms with Gasteiger partial charge in [-0.3, -0.25) is 0 Å². The fourth-order valence-corrected chi connectivity index (χ4v) is 5.60. The van der Waals surface area contributed by atoms with Gasteiger partial charge in [-0.2, -0.15) is 0 Å². The largest absolute Gasteiger partial charge is 0.315 e. The number of aromatic nitrogens is 3. The Morgan fingerprint density at radius 1 is 0.913 bits per heavy atom. The Kier molecular flexibility index (Phi) is 4.23. The van der Waals surface area contributed by atoms with Crippen LogP contribution in [0.4, 0.5) is 0 Å². The lowest BCUT2D eigenvalue weighted by Gasteiger charge is -2.53. The van der Waals surface area contributed by atoms with Gasteiger partial charge in [0.25, 0.3) is 0 Å². The second-order valence-electron chi connectivity index (χ2n) is 8.64. The van der Waals surface area contributed by atoms with Gasteiger partial charge in [-0.05, 0) is 63.2 Å². The average molecular weight is 316 g/mol. The molecule has 1 aromatic rings. The molecular weight excluding hydrogens is 282 g/mol. The van der Waals surface area contributed by atoms with Crippen molar-refractivity contribution in [2.24, 2.45) is 5.41 Å². The number of aryl methyl sites for hydroxylation is 1. The molecule has 3 fully saturated rings. The van der Waals surface area contributed by atoms with Crippen LogP contribution in [-0.4, -0.2) is 14.8 Å². The molecule has 0 amide bonds. The van der Waals surface area contributed by atoms with E-state index in [4.69, 9.17) is 5.10 Å². The summed E-state index contributed by atoms with van der Waals surface area (Å²) in [5, 5.41) is 9.34. The molecule has 3 aliphatic carbocycles. The van der Waals surface area contributed by atoms with Gasteiger partial charge in [-0.25, -0.2) is 0 Å². The Balaban J connectivity index is 1.51. The van der Waals surface area contributed by atoms with Crippen molar-refractivity contribution in [2.75, 3.05) is 0 Å². The standard InChI is InChI=1S/C20H33N3/c1-2-3-6-9-19-10-13-20(14-11-19,15-12-19)18-22-21-17-8-5-4-7-16-23(17)18/h2-16H2,1H3. The summed E-state index contributed by atoms with van der Waals surface area (Å²) in [6.07, 6.45) is 19.3. The molecule has 1 aliphatic heterocycles. The van der Waals surface area contributed by atoms with E-state index in [1.165, 1.54) is 102 Å². The normalized spacial score (nSPS) is 33.4. The molecule has 4 aliphatic rings. The third kappa shape index (κ3) is 2.74. The first-order chi connectivity index (χ1) is 11.3. The Bertz CT molecular complexity index is 521. The lowest BCUT2D eigenvalue weighted by Crippen LogP contribution is -2.45. The first-order valence-corrected chi connectivity index (χ1v) is 10.2. The molecule has 1 aromatic heterocycles. The fraction of sp³-hybridized carbons (Fsp3) is 0.900. The van der Waals surface area contributed by atoms with Gasteiger partial charge in [0.15, 0.2) is 0 Å². The van der Waals surface area contributed by atoms with Crippen LogP contribution in [0.3, 0.4) is 0 Å². The van der Waals surface area contributed by atoms with Gasteiger partial charge in [0.05, 0.1) is 0 Å². The molecule has 128 valence electrons. The van der Waals surface area contributed by atoms with E-state index in [9.17, 15) is 0 Å². The average Bonchev–Trinajstić information content (AvgIpc) is 2.87. The molecule has 3 nitrogen and oxygen atoms in total. The maximum atomic E-state index is 4.74. The van der Waals surface area contributed by atoms with Gasteiger partial charge < -0.3 is 4.57 Å². The lowest BCUT2D eigenvalue weighted by molar-refractivity contribution is 0.0244. The smallest absolute Gasteiger partial charge is 0.139 e. The number of fused-ring (bicyclic) bond motifs is 4. The van der Waals surface area contributed by atoms with Crippen LogP contribution < -0.4 is 0 Å². The summed E-state index contributed by atoms with van der Waals surface area (Å²) in [5.41, 5.74) is 1.07. The summed E-state index contributed by atoms with van der Waals surface area (Å²) in [5.74, 6) is 2.65. The molecule has 3 heteroatoms. The van der Waals surface area contributed by atoms with Gasteiger partial charge in [0.1, 0.15) is 11.6 Å². The highest BCUT2D eigenvalue weighted by Crippen LogP contribution is 2.59. The van der Waals surface area contributed by atoms with Crippen molar-refractivity contribution in [1.29, 1.82) is 0 Å². The molecule has 3 saturated carbocycles. The van der Waals surface area contributed by atoms with Crippen LogP contribution in [0.2, 0.25) is 0 Å². The van der Waals surface area contributed by atoms with Crippen LogP contribution in [0.25, 0.3) is 0 Å². The Hall–Kier alpha value is -0.860. The van der Waals surface area contributed by atoms with Gasteiger partial charge in [0, 0.05) is 18.4 Å². The number of unbranched alkanes of at least 4 members (excludes halogenated alkanes) is 2. The third-order valence-corrected chi connectivity index (χ3v) is 7.30. The van der Waals surface area contributed by atoms with E-state index in [-0.39, 0.29) is 0 Å². The molecule has 0 atom stereocenters. The summed E-state index contributed by atoms with van der Waals surface area (Å²) in [6, 6.07) is 0. The second-order valence-corrected chi connectivity index (χ2v) is 8.64. The van der Waals surface area contributed by atoms with E-state index in [1.54, 1.807) is 0 Å². The van der Waals surface area contributed by atoms with Crippen molar-refractivity contribution in [1.82, 2.24) is 14.8 Å². The first-order valence-electron chi connectivity index (χ1n) is 10.2. The van der Waals surface area contributed by atoms with Gasteiger partial charge in [-0.15, -0.1) is 10.2 Å². The SMILES string of the molecule is CCCCCC12CCC(c3nnc4n3CCCCC4)(CC1)CC2. The topological polar surface area (TPSA) is 30.7 Å². The highest BCUT2D eigenvalue weighted by atomic mass is 15.3. The Morgan fingerprint density at radius 2 is 1.70 bits per heavy atom. The van der Waals surface area contributed by atoms with E-state index in [1.807, 2.05) is 0 Å². The van der Waals surface area contributed by atoms with Crippen LogP contribution in [-0.2, 0) is 18.4 Å². The molecular formula is C20H33N3. The highest BCUT2D eigenvalue weighted by molar-refractivity contribution is 5.17. The maximum absolute atomic E-state index is 4.74. The fourth-order valence-electron chi connectivity index (χ4n) is 5.60. The minimum absolute atomic E-state index is 0.377.